The molecule has 1 aromatic rings. The molecular weight excluding hydrogens is 473 g/mol. The van der Waals surface area contributed by atoms with Crippen molar-refractivity contribution < 1.29 is 4.79 Å². The number of carbonyl (C=O) groups is 1. The summed E-state index contributed by atoms with van der Waals surface area (Å²) in [6, 6.07) is 9.04. The van der Waals surface area contributed by atoms with Crippen molar-refractivity contribution in [2.75, 3.05) is 0 Å². The Labute approximate surface area is 192 Å². The van der Waals surface area contributed by atoms with Gasteiger partial charge in [0.25, 0.3) is 0 Å². The number of rotatable bonds is 14. The number of benzene rings is 1. The molecule has 1 amide bonds. The molecule has 1 atom stereocenters. The fraction of sp³-hybridized carbons (Fsp3) is 0.741. The van der Waals surface area contributed by atoms with Gasteiger partial charge in [-0.25, -0.2) is 0 Å². The van der Waals surface area contributed by atoms with Gasteiger partial charge in [-0.2, -0.15) is 0 Å². The molecule has 30 heavy (non-hydrogen) atoms. The molecule has 0 saturated carbocycles. The summed E-state index contributed by atoms with van der Waals surface area (Å²) >= 11 is -2.48. The zero-order valence-corrected chi connectivity index (χ0v) is 24.1. The first-order valence-electron chi connectivity index (χ1n) is 12.7. The van der Waals surface area contributed by atoms with Crippen molar-refractivity contribution in [3.05, 3.63) is 35.4 Å². The van der Waals surface area contributed by atoms with E-state index in [2.05, 4.69) is 84.6 Å². The molecule has 0 aromatic heterocycles. The van der Waals surface area contributed by atoms with Crippen LogP contribution in [0.2, 0.25) is 13.3 Å². The fourth-order valence-electron chi connectivity index (χ4n) is 5.21. The van der Waals surface area contributed by atoms with Crippen LogP contribution in [0.1, 0.15) is 114 Å². The van der Waals surface area contributed by atoms with Crippen LogP contribution in [-0.4, -0.2) is 41.3 Å². The molecule has 172 valence electrons. The van der Waals surface area contributed by atoms with Crippen LogP contribution in [-0.2, 0) is 0 Å². The predicted molar refractivity (Wildman–Crippen MR) is 136 cm³/mol. The molecule has 0 aliphatic rings. The summed E-state index contributed by atoms with van der Waals surface area (Å²) in [6.07, 6.45) is 7.98. The predicted octanol–water partition coefficient (Wildman–Crippen LogP) is 8.44. The van der Waals surface area contributed by atoms with E-state index < -0.39 is 18.4 Å². The van der Waals surface area contributed by atoms with Crippen molar-refractivity contribution in [1.82, 2.24) is 4.90 Å². The van der Waals surface area contributed by atoms with Crippen molar-refractivity contribution in [2.45, 2.75) is 123 Å². The third-order valence-corrected chi connectivity index (χ3v) is 24.7. The molecule has 0 radical (unpaired) electrons. The first-order valence-corrected chi connectivity index (χ1v) is 20.4. The minimum atomic E-state index is -2.48. The first-order chi connectivity index (χ1) is 14.3. The molecule has 1 aromatic carbocycles. The second-order valence-corrected chi connectivity index (χ2v) is 24.4. The zero-order chi connectivity index (χ0) is 22.7. The van der Waals surface area contributed by atoms with E-state index >= 15 is 0 Å². The van der Waals surface area contributed by atoms with Gasteiger partial charge in [0.1, 0.15) is 0 Å². The van der Waals surface area contributed by atoms with Crippen molar-refractivity contribution in [2.24, 2.45) is 0 Å². The van der Waals surface area contributed by atoms with Gasteiger partial charge in [-0.05, 0) is 0 Å². The topological polar surface area (TPSA) is 20.3 Å². The summed E-state index contributed by atoms with van der Waals surface area (Å²) in [5, 5.41) is 0. The Morgan fingerprint density at radius 3 is 1.63 bits per heavy atom. The minimum absolute atomic E-state index is 0.217. The molecule has 0 aliphatic carbocycles. The van der Waals surface area contributed by atoms with E-state index in [0.717, 1.165) is 5.56 Å². The van der Waals surface area contributed by atoms with Crippen molar-refractivity contribution in [1.29, 1.82) is 0 Å². The van der Waals surface area contributed by atoms with Gasteiger partial charge in [0.05, 0.1) is 0 Å². The standard InChI is InChI=1S/C15H22NO.3C4H9.Sn/c1-6-13-9-7-8-10-14(13)15(17)16(11(2)3)12(4)5;3*1-3-4-2;/h6-12H,1-5H3;3*1,3-4H2,2H3;. The van der Waals surface area contributed by atoms with Crippen molar-refractivity contribution in [3.63, 3.8) is 0 Å². The van der Waals surface area contributed by atoms with E-state index in [1.54, 1.807) is 0 Å². The van der Waals surface area contributed by atoms with Gasteiger partial charge in [0, 0.05) is 0 Å². The Morgan fingerprint density at radius 2 is 1.23 bits per heavy atom. The van der Waals surface area contributed by atoms with E-state index in [1.165, 1.54) is 57.4 Å². The monoisotopic (exact) mass is 523 g/mol. The summed E-state index contributed by atoms with van der Waals surface area (Å²) in [4.78, 5) is 15.7. The Morgan fingerprint density at radius 1 is 0.800 bits per heavy atom. The second kappa shape index (κ2) is 13.8. The fourth-order valence-corrected chi connectivity index (χ4v) is 22.7. The van der Waals surface area contributed by atoms with Crippen LogP contribution in [0.4, 0.5) is 0 Å². The van der Waals surface area contributed by atoms with Crippen LogP contribution in [0.3, 0.4) is 0 Å². The Hall–Kier alpha value is -0.511. The van der Waals surface area contributed by atoms with Crippen LogP contribution in [0, 0.1) is 0 Å². The van der Waals surface area contributed by atoms with E-state index in [4.69, 9.17) is 0 Å². The molecule has 2 nitrogen and oxygen atoms in total. The van der Waals surface area contributed by atoms with Gasteiger partial charge in [0.2, 0.25) is 0 Å². The average molecular weight is 522 g/mol. The molecule has 0 saturated heterocycles. The van der Waals surface area contributed by atoms with E-state index in [0.29, 0.717) is 3.93 Å². The molecule has 0 N–H and O–H groups in total. The summed E-state index contributed by atoms with van der Waals surface area (Å²) in [5.74, 6) is 0.226. The molecular formula is C27H49NOSn. The van der Waals surface area contributed by atoms with E-state index in [-0.39, 0.29) is 18.0 Å². The van der Waals surface area contributed by atoms with Gasteiger partial charge in [0.15, 0.2) is 0 Å². The number of hydrogen-bond acceptors (Lipinski definition) is 1. The van der Waals surface area contributed by atoms with Crippen LogP contribution in [0.15, 0.2) is 24.3 Å². The van der Waals surface area contributed by atoms with Gasteiger partial charge in [-0.15, -0.1) is 0 Å². The Bertz CT molecular complexity index is 595. The molecule has 3 heteroatoms. The van der Waals surface area contributed by atoms with E-state index in [9.17, 15) is 4.79 Å². The molecule has 0 heterocycles. The Kier molecular flexibility index (Phi) is 12.7. The van der Waals surface area contributed by atoms with Crippen LogP contribution >= 0.6 is 0 Å². The van der Waals surface area contributed by atoms with Crippen LogP contribution in [0.25, 0.3) is 0 Å². The number of carbonyl (C=O) groups excluding carboxylic acids is 1. The normalized spacial score (nSPS) is 13.1. The van der Waals surface area contributed by atoms with Crippen molar-refractivity contribution in [3.8, 4) is 0 Å². The second-order valence-electron chi connectivity index (χ2n) is 9.88. The quantitative estimate of drug-likeness (QED) is 0.225. The SMILES string of the molecule is CCC[CH2][Sn]([CH2]CCC)([CH2]CCC)[CH](C)c1ccccc1C(=O)N(C(C)C)C(C)C. The maximum atomic E-state index is 13.7. The first kappa shape index (κ1) is 27.5. The van der Waals surface area contributed by atoms with Gasteiger partial charge in [-0.1, -0.05) is 0 Å². The number of nitrogens with zero attached hydrogens (tertiary/aromatic N) is 1. The van der Waals surface area contributed by atoms with Gasteiger partial charge < -0.3 is 0 Å². The van der Waals surface area contributed by atoms with Gasteiger partial charge in [-0.3, -0.25) is 0 Å². The number of hydrogen-bond donors (Lipinski definition) is 0. The third-order valence-electron chi connectivity index (χ3n) is 7.01. The zero-order valence-electron chi connectivity index (χ0n) is 21.3. The molecule has 1 rings (SSSR count). The molecule has 1 unspecified atom stereocenters. The molecule has 0 aliphatic heterocycles. The van der Waals surface area contributed by atoms with Crippen molar-refractivity contribution >= 4 is 24.3 Å². The van der Waals surface area contributed by atoms with E-state index in [1.807, 2.05) is 0 Å². The molecule has 0 spiro atoms. The third kappa shape index (κ3) is 7.28. The Balaban J connectivity index is 3.45. The van der Waals surface area contributed by atoms with Crippen LogP contribution in [0.5, 0.6) is 0 Å². The average Bonchev–Trinajstić information content (AvgIpc) is 2.72. The summed E-state index contributed by atoms with van der Waals surface area (Å²) in [7, 11) is 0. The summed E-state index contributed by atoms with van der Waals surface area (Å²) in [5.41, 5.74) is 2.32. The van der Waals surface area contributed by atoms with Gasteiger partial charge >= 0.3 is 193 Å². The number of unbranched alkanes of at least 4 members (excludes halogenated alkanes) is 3. The van der Waals surface area contributed by atoms with Crippen LogP contribution < -0.4 is 0 Å². The number of amides is 1. The summed E-state index contributed by atoms with van der Waals surface area (Å²) < 4.78 is 5.04. The maximum absolute atomic E-state index is 13.7. The molecule has 0 bridgehead atoms. The molecule has 0 fully saturated rings. The summed E-state index contributed by atoms with van der Waals surface area (Å²) in [6.45, 7) is 18.0.